The molecule has 5 rings (SSSR count). The number of aryl methyl sites for hydroxylation is 1. The monoisotopic (exact) mass is 474 g/mol. The minimum atomic E-state index is -0.231. The number of hydrogen-bond donors (Lipinski definition) is 2. The second-order valence-corrected chi connectivity index (χ2v) is 9.51. The number of likely N-dealkylation sites (tertiary alicyclic amines) is 1. The molecule has 1 aliphatic carbocycles. The van der Waals surface area contributed by atoms with Crippen LogP contribution in [0.4, 0.5) is 11.5 Å². The molecule has 1 aromatic carbocycles. The minimum Gasteiger partial charge on any atom is -0.381 e. The second-order valence-electron chi connectivity index (χ2n) is 9.51. The average molecular weight is 475 g/mol. The molecule has 1 amide bonds. The van der Waals surface area contributed by atoms with Gasteiger partial charge in [-0.05, 0) is 68.4 Å². The molecular weight excluding hydrogens is 444 g/mol. The first-order valence-electron chi connectivity index (χ1n) is 12.2. The fraction of sp³-hybridized carbons (Fsp3) is 0.462. The number of fused-ring (bicyclic) bond motifs is 1. The fourth-order valence-corrected chi connectivity index (χ4v) is 5.05. The Kier molecular flexibility index (Phi) is 6.31. The summed E-state index contributed by atoms with van der Waals surface area (Å²) in [6, 6.07) is 9.64. The lowest BCUT2D eigenvalue weighted by molar-refractivity contribution is 0.0350. The van der Waals surface area contributed by atoms with Crippen LogP contribution in [0.25, 0.3) is 10.9 Å². The average Bonchev–Trinajstić information content (AvgIpc) is 3.64. The molecule has 1 atom stereocenters. The highest BCUT2D eigenvalue weighted by molar-refractivity contribution is 5.96. The Hall–Kier alpha value is -3.64. The molecule has 9 nitrogen and oxygen atoms in total. The summed E-state index contributed by atoms with van der Waals surface area (Å²) < 4.78 is 7.25. The highest BCUT2D eigenvalue weighted by atomic mass is 16.5. The van der Waals surface area contributed by atoms with Crippen molar-refractivity contribution in [3.05, 3.63) is 51.9 Å². The highest BCUT2D eigenvalue weighted by Gasteiger charge is 2.34. The summed E-state index contributed by atoms with van der Waals surface area (Å²) >= 11 is 0. The van der Waals surface area contributed by atoms with Crippen LogP contribution >= 0.6 is 0 Å². The van der Waals surface area contributed by atoms with Crippen molar-refractivity contribution in [1.82, 2.24) is 19.7 Å². The number of nitrogens with one attached hydrogen (secondary N) is 2. The van der Waals surface area contributed by atoms with Crippen molar-refractivity contribution >= 4 is 28.3 Å². The van der Waals surface area contributed by atoms with Crippen LogP contribution in [0.5, 0.6) is 0 Å². The number of anilines is 2. The minimum absolute atomic E-state index is 0.0264. The zero-order valence-electron chi connectivity index (χ0n) is 20.1. The number of carbonyl (C=O) groups is 1. The van der Waals surface area contributed by atoms with E-state index in [1.54, 1.807) is 13.3 Å². The van der Waals surface area contributed by atoms with E-state index in [1.807, 2.05) is 40.8 Å². The van der Waals surface area contributed by atoms with E-state index in [2.05, 4.69) is 16.4 Å². The first kappa shape index (κ1) is 23.1. The molecule has 2 aliphatic rings. The molecule has 2 fully saturated rings. The lowest BCUT2D eigenvalue weighted by Crippen LogP contribution is -2.40. The van der Waals surface area contributed by atoms with Gasteiger partial charge in [0.15, 0.2) is 5.82 Å². The number of carbonyl (C=O) groups excluding carboxylic acids is 1. The molecule has 1 saturated heterocycles. The standard InChI is InChI=1S/C26H30N6O3/c1-16-15-18(5-6-20(16)26(34)31-13-9-19(35-2)10-14-31)29-24-23-22(8-12-28-25(23)33)32(30-24)21(7-11-27)17-3-4-17/h5-6,8,12,15,17,19,21H,3-4,7,9-10,13-14H2,1-2H3,(H,28,33)(H,29,30)/t21-/m0/s1. The van der Waals surface area contributed by atoms with Gasteiger partial charge < -0.3 is 19.9 Å². The van der Waals surface area contributed by atoms with Gasteiger partial charge in [0.1, 0.15) is 5.39 Å². The summed E-state index contributed by atoms with van der Waals surface area (Å²) in [5, 5.41) is 17.9. The van der Waals surface area contributed by atoms with E-state index in [1.165, 1.54) is 0 Å². The lowest BCUT2D eigenvalue weighted by Gasteiger charge is -2.31. The number of benzene rings is 1. The number of hydrogen-bond acceptors (Lipinski definition) is 6. The zero-order valence-corrected chi connectivity index (χ0v) is 20.1. The summed E-state index contributed by atoms with van der Waals surface area (Å²) in [5.41, 5.74) is 2.75. The quantitative estimate of drug-likeness (QED) is 0.537. The van der Waals surface area contributed by atoms with Crippen molar-refractivity contribution in [2.24, 2.45) is 5.92 Å². The maximum atomic E-state index is 13.1. The van der Waals surface area contributed by atoms with E-state index in [-0.39, 0.29) is 23.6 Å². The number of aromatic amines is 1. The maximum absolute atomic E-state index is 13.1. The first-order chi connectivity index (χ1) is 17.0. The molecule has 3 aromatic rings. The number of H-pyrrole nitrogens is 1. The SMILES string of the molecule is COC1CCN(C(=O)c2ccc(Nc3nn([C@@H](CC#N)C4CC4)c4cc[nH]c(=O)c34)cc2C)CC1. The van der Waals surface area contributed by atoms with Crippen LogP contribution in [0.15, 0.2) is 35.3 Å². The number of methoxy groups -OCH3 is 1. The third kappa shape index (κ3) is 4.54. The third-order valence-corrected chi connectivity index (χ3v) is 7.19. The van der Waals surface area contributed by atoms with Gasteiger partial charge in [0.25, 0.3) is 11.5 Å². The van der Waals surface area contributed by atoms with Gasteiger partial charge in [0.05, 0.1) is 30.2 Å². The molecule has 9 heteroatoms. The van der Waals surface area contributed by atoms with Crippen molar-refractivity contribution in [3.8, 4) is 6.07 Å². The molecule has 35 heavy (non-hydrogen) atoms. The van der Waals surface area contributed by atoms with Crippen molar-refractivity contribution in [2.75, 3.05) is 25.5 Å². The van der Waals surface area contributed by atoms with Gasteiger partial charge in [-0.1, -0.05) is 0 Å². The Morgan fingerprint density at radius 3 is 2.71 bits per heavy atom. The van der Waals surface area contributed by atoms with Crippen molar-refractivity contribution in [2.45, 2.75) is 51.2 Å². The number of amides is 1. The summed E-state index contributed by atoms with van der Waals surface area (Å²) in [4.78, 5) is 30.4. The Morgan fingerprint density at radius 2 is 2.06 bits per heavy atom. The number of rotatable bonds is 7. The third-order valence-electron chi connectivity index (χ3n) is 7.19. The molecule has 2 N–H and O–H groups in total. The van der Waals surface area contributed by atoms with Crippen LogP contribution in [-0.2, 0) is 4.74 Å². The van der Waals surface area contributed by atoms with Crippen molar-refractivity contribution < 1.29 is 9.53 Å². The van der Waals surface area contributed by atoms with Crippen molar-refractivity contribution in [3.63, 3.8) is 0 Å². The van der Waals surface area contributed by atoms with Gasteiger partial charge >= 0.3 is 0 Å². The number of nitriles is 1. The van der Waals surface area contributed by atoms with Crippen LogP contribution in [0, 0.1) is 24.2 Å². The topological polar surface area (TPSA) is 116 Å². The molecule has 2 aromatic heterocycles. The Labute approximate surface area is 203 Å². The van der Waals surface area contributed by atoms with Gasteiger partial charge in [-0.15, -0.1) is 0 Å². The number of ether oxygens (including phenoxy) is 1. The highest BCUT2D eigenvalue weighted by Crippen LogP contribution is 2.43. The smallest absolute Gasteiger partial charge is 0.261 e. The van der Waals surface area contributed by atoms with E-state index in [9.17, 15) is 14.9 Å². The van der Waals surface area contributed by atoms with Gasteiger partial charge in [-0.2, -0.15) is 10.4 Å². The summed E-state index contributed by atoms with van der Waals surface area (Å²) in [5.74, 6) is 0.885. The normalized spacial score (nSPS) is 17.3. The Morgan fingerprint density at radius 1 is 1.29 bits per heavy atom. The van der Waals surface area contributed by atoms with Gasteiger partial charge in [0, 0.05) is 37.6 Å². The Balaban J connectivity index is 1.42. The van der Waals surface area contributed by atoms with Crippen LogP contribution in [0.1, 0.15) is 54.1 Å². The molecule has 0 radical (unpaired) electrons. The van der Waals surface area contributed by atoms with E-state index >= 15 is 0 Å². The second kappa shape index (κ2) is 9.55. The summed E-state index contributed by atoms with van der Waals surface area (Å²) in [6.45, 7) is 3.29. The van der Waals surface area contributed by atoms with Gasteiger partial charge in [-0.3, -0.25) is 14.3 Å². The fourth-order valence-electron chi connectivity index (χ4n) is 5.05. The van der Waals surface area contributed by atoms with E-state index in [0.717, 1.165) is 36.9 Å². The summed E-state index contributed by atoms with van der Waals surface area (Å²) in [7, 11) is 1.72. The van der Waals surface area contributed by atoms with E-state index < -0.39 is 0 Å². The number of nitrogens with zero attached hydrogens (tertiary/aromatic N) is 4. The largest absolute Gasteiger partial charge is 0.381 e. The lowest BCUT2D eigenvalue weighted by atomic mass is 10.0. The molecule has 1 aliphatic heterocycles. The summed E-state index contributed by atoms with van der Waals surface area (Å²) in [6.07, 6.45) is 6.01. The van der Waals surface area contributed by atoms with Gasteiger partial charge in [0.2, 0.25) is 0 Å². The van der Waals surface area contributed by atoms with E-state index in [4.69, 9.17) is 9.84 Å². The van der Waals surface area contributed by atoms with E-state index in [0.29, 0.717) is 47.7 Å². The van der Waals surface area contributed by atoms with Crippen molar-refractivity contribution in [1.29, 1.82) is 5.26 Å². The number of piperidine rings is 1. The first-order valence-corrected chi connectivity index (χ1v) is 12.2. The zero-order chi connectivity index (χ0) is 24.5. The van der Waals surface area contributed by atoms with Gasteiger partial charge in [-0.25, -0.2) is 0 Å². The molecule has 1 saturated carbocycles. The van der Waals surface area contributed by atoms with Crippen LogP contribution in [0.3, 0.4) is 0 Å². The van der Waals surface area contributed by atoms with Crippen LogP contribution in [-0.4, -0.2) is 51.9 Å². The molecule has 0 bridgehead atoms. The number of aromatic nitrogens is 3. The number of pyridine rings is 1. The molecule has 3 heterocycles. The predicted molar refractivity (Wildman–Crippen MR) is 133 cm³/mol. The van der Waals surface area contributed by atoms with Crippen LogP contribution in [0.2, 0.25) is 0 Å². The molecular formula is C26H30N6O3. The molecule has 0 unspecified atom stereocenters. The van der Waals surface area contributed by atoms with Crippen LogP contribution < -0.4 is 10.9 Å². The predicted octanol–water partition coefficient (Wildman–Crippen LogP) is 3.89. The Bertz CT molecular complexity index is 1340. The molecule has 0 spiro atoms. The maximum Gasteiger partial charge on any atom is 0.261 e. The molecule has 182 valence electrons.